The largest absolute Gasteiger partial charge is 0.392 e. The Morgan fingerprint density at radius 2 is 2.12 bits per heavy atom. The summed E-state index contributed by atoms with van der Waals surface area (Å²) in [5.41, 5.74) is 1.53. The van der Waals surface area contributed by atoms with Crippen molar-refractivity contribution in [2.45, 2.75) is 64.3 Å². The van der Waals surface area contributed by atoms with E-state index in [0.29, 0.717) is 19.1 Å². The first-order valence-corrected chi connectivity index (χ1v) is 9.75. The summed E-state index contributed by atoms with van der Waals surface area (Å²) in [5, 5.41) is 19.7. The van der Waals surface area contributed by atoms with Gasteiger partial charge in [0.2, 0.25) is 0 Å². The molecular formula is C22H34O4. The Hall–Kier alpha value is -1.20. The third-order valence-electron chi connectivity index (χ3n) is 5.16. The van der Waals surface area contributed by atoms with E-state index in [9.17, 15) is 5.11 Å². The predicted molar refractivity (Wildman–Crippen MR) is 104 cm³/mol. The lowest BCUT2D eigenvalue weighted by molar-refractivity contribution is -0.111. The molecule has 1 saturated heterocycles. The van der Waals surface area contributed by atoms with Crippen molar-refractivity contribution in [2.24, 2.45) is 5.92 Å². The molecule has 1 aliphatic rings. The van der Waals surface area contributed by atoms with Gasteiger partial charge in [0, 0.05) is 6.61 Å². The SMILES string of the molecule is CC(CCCC(C)(O)C1CC/C(=C\CO)CO1)COCc1ccccc1. The average Bonchev–Trinajstić information content (AvgIpc) is 2.63. The molecular weight excluding hydrogens is 328 g/mol. The standard InChI is InChI=1S/C22H34O4/c1-18(15-25-16-19-8-4-3-5-9-19)7-6-13-22(2,24)21-11-10-20(12-14-23)17-26-21/h3-5,8-9,12,18,21,23-24H,6-7,10-11,13-17H2,1-2H3/b20-12+. The maximum atomic E-state index is 10.8. The topological polar surface area (TPSA) is 58.9 Å². The summed E-state index contributed by atoms with van der Waals surface area (Å²) in [6, 6.07) is 10.2. The second-order valence-corrected chi connectivity index (χ2v) is 7.74. The predicted octanol–water partition coefficient (Wildman–Crippen LogP) is 3.86. The van der Waals surface area contributed by atoms with Crippen molar-refractivity contribution >= 4 is 0 Å². The highest BCUT2D eigenvalue weighted by atomic mass is 16.5. The minimum absolute atomic E-state index is 0.0595. The van der Waals surface area contributed by atoms with Gasteiger partial charge in [-0.05, 0) is 49.7 Å². The molecule has 1 aliphatic heterocycles. The molecule has 0 saturated carbocycles. The van der Waals surface area contributed by atoms with Crippen molar-refractivity contribution < 1.29 is 19.7 Å². The molecule has 4 heteroatoms. The number of rotatable bonds is 10. The fraction of sp³-hybridized carbons (Fsp3) is 0.636. The van der Waals surface area contributed by atoms with Crippen LogP contribution in [-0.2, 0) is 16.1 Å². The number of hydrogen-bond acceptors (Lipinski definition) is 4. The third kappa shape index (κ3) is 7.20. The van der Waals surface area contributed by atoms with Crippen LogP contribution in [0, 0.1) is 5.92 Å². The van der Waals surface area contributed by atoms with Gasteiger partial charge in [-0.15, -0.1) is 0 Å². The van der Waals surface area contributed by atoms with E-state index in [1.807, 2.05) is 31.2 Å². The molecule has 0 bridgehead atoms. The van der Waals surface area contributed by atoms with Gasteiger partial charge in [-0.1, -0.05) is 49.8 Å². The Balaban J connectivity index is 1.62. The highest BCUT2D eigenvalue weighted by molar-refractivity contribution is 5.13. The lowest BCUT2D eigenvalue weighted by Crippen LogP contribution is -2.43. The van der Waals surface area contributed by atoms with E-state index in [1.54, 1.807) is 0 Å². The molecule has 2 rings (SSSR count). The number of benzene rings is 1. The monoisotopic (exact) mass is 362 g/mol. The van der Waals surface area contributed by atoms with Crippen LogP contribution in [0.4, 0.5) is 0 Å². The van der Waals surface area contributed by atoms with Crippen LogP contribution in [-0.4, -0.2) is 41.7 Å². The summed E-state index contributed by atoms with van der Waals surface area (Å²) in [6.45, 7) is 6.06. The lowest BCUT2D eigenvalue weighted by atomic mass is 9.86. The van der Waals surface area contributed by atoms with Crippen LogP contribution in [0.1, 0.15) is 51.5 Å². The molecule has 3 unspecified atom stereocenters. The van der Waals surface area contributed by atoms with E-state index in [2.05, 4.69) is 19.1 Å². The van der Waals surface area contributed by atoms with Crippen molar-refractivity contribution in [3.63, 3.8) is 0 Å². The minimum atomic E-state index is -0.796. The zero-order chi connectivity index (χ0) is 18.8. The Morgan fingerprint density at radius 3 is 2.77 bits per heavy atom. The van der Waals surface area contributed by atoms with E-state index in [1.165, 1.54) is 5.56 Å². The van der Waals surface area contributed by atoms with E-state index < -0.39 is 5.60 Å². The van der Waals surface area contributed by atoms with Gasteiger partial charge < -0.3 is 19.7 Å². The van der Waals surface area contributed by atoms with Crippen LogP contribution < -0.4 is 0 Å². The molecule has 0 aliphatic carbocycles. The Morgan fingerprint density at radius 1 is 1.35 bits per heavy atom. The number of hydrogen-bond donors (Lipinski definition) is 2. The Kier molecular flexibility index (Phi) is 8.79. The highest BCUT2D eigenvalue weighted by Crippen LogP contribution is 2.30. The molecule has 0 amide bonds. The van der Waals surface area contributed by atoms with Crippen LogP contribution in [0.15, 0.2) is 42.0 Å². The summed E-state index contributed by atoms with van der Waals surface area (Å²) >= 11 is 0. The molecule has 1 aromatic rings. The Bertz CT molecular complexity index is 528. The molecule has 1 heterocycles. The van der Waals surface area contributed by atoms with E-state index >= 15 is 0 Å². The van der Waals surface area contributed by atoms with Crippen LogP contribution in [0.2, 0.25) is 0 Å². The maximum Gasteiger partial charge on any atom is 0.0880 e. The molecule has 0 spiro atoms. The molecule has 146 valence electrons. The molecule has 1 fully saturated rings. The fourth-order valence-electron chi connectivity index (χ4n) is 3.47. The molecule has 0 radical (unpaired) electrons. The van der Waals surface area contributed by atoms with Gasteiger partial charge in [0.1, 0.15) is 0 Å². The van der Waals surface area contributed by atoms with Crippen molar-refractivity contribution in [1.82, 2.24) is 0 Å². The first-order chi connectivity index (χ1) is 12.5. The quantitative estimate of drug-likeness (QED) is 0.621. The van der Waals surface area contributed by atoms with Gasteiger partial charge in [0.25, 0.3) is 0 Å². The number of aliphatic hydroxyl groups excluding tert-OH is 1. The van der Waals surface area contributed by atoms with Gasteiger partial charge in [-0.2, -0.15) is 0 Å². The highest BCUT2D eigenvalue weighted by Gasteiger charge is 2.34. The summed E-state index contributed by atoms with van der Waals surface area (Å²) < 4.78 is 11.6. The fourth-order valence-corrected chi connectivity index (χ4v) is 3.47. The average molecular weight is 363 g/mol. The summed E-state index contributed by atoms with van der Waals surface area (Å²) in [4.78, 5) is 0. The Labute approximate surface area is 157 Å². The second kappa shape index (κ2) is 10.8. The first-order valence-electron chi connectivity index (χ1n) is 9.75. The molecule has 1 aromatic carbocycles. The summed E-state index contributed by atoms with van der Waals surface area (Å²) in [5.74, 6) is 0.473. The summed E-state index contributed by atoms with van der Waals surface area (Å²) in [7, 11) is 0. The first kappa shape index (κ1) is 21.1. The van der Waals surface area contributed by atoms with Gasteiger partial charge in [-0.25, -0.2) is 0 Å². The third-order valence-corrected chi connectivity index (χ3v) is 5.16. The molecule has 3 atom stereocenters. The zero-order valence-electron chi connectivity index (χ0n) is 16.2. The number of aliphatic hydroxyl groups is 2. The van der Waals surface area contributed by atoms with Gasteiger partial charge in [0.15, 0.2) is 0 Å². The van der Waals surface area contributed by atoms with Crippen molar-refractivity contribution in [2.75, 3.05) is 19.8 Å². The van der Waals surface area contributed by atoms with Crippen LogP contribution in [0.3, 0.4) is 0 Å². The minimum Gasteiger partial charge on any atom is -0.392 e. The van der Waals surface area contributed by atoms with Crippen LogP contribution in [0.25, 0.3) is 0 Å². The lowest BCUT2D eigenvalue weighted by Gasteiger charge is -2.36. The zero-order valence-corrected chi connectivity index (χ0v) is 16.2. The maximum absolute atomic E-state index is 10.8. The normalized spacial score (nSPS) is 22.9. The van der Waals surface area contributed by atoms with E-state index in [4.69, 9.17) is 14.6 Å². The number of ether oxygens (including phenoxy) is 2. The van der Waals surface area contributed by atoms with Crippen LogP contribution in [0.5, 0.6) is 0 Å². The van der Waals surface area contributed by atoms with E-state index in [-0.39, 0.29) is 12.7 Å². The van der Waals surface area contributed by atoms with Crippen molar-refractivity contribution in [3.05, 3.63) is 47.5 Å². The second-order valence-electron chi connectivity index (χ2n) is 7.74. The summed E-state index contributed by atoms with van der Waals surface area (Å²) in [6.07, 6.45) is 6.12. The van der Waals surface area contributed by atoms with E-state index in [0.717, 1.165) is 44.3 Å². The molecule has 26 heavy (non-hydrogen) atoms. The van der Waals surface area contributed by atoms with Gasteiger partial charge in [0.05, 0.1) is 31.5 Å². The molecule has 2 N–H and O–H groups in total. The van der Waals surface area contributed by atoms with Gasteiger partial charge >= 0.3 is 0 Å². The van der Waals surface area contributed by atoms with Crippen LogP contribution >= 0.6 is 0 Å². The van der Waals surface area contributed by atoms with Crippen molar-refractivity contribution in [1.29, 1.82) is 0 Å². The smallest absolute Gasteiger partial charge is 0.0880 e. The molecule has 4 nitrogen and oxygen atoms in total. The van der Waals surface area contributed by atoms with Gasteiger partial charge in [-0.3, -0.25) is 0 Å². The van der Waals surface area contributed by atoms with Crippen molar-refractivity contribution in [3.8, 4) is 0 Å². The molecule has 0 aromatic heterocycles.